The molecule has 9 heteroatoms. The lowest BCUT2D eigenvalue weighted by Crippen LogP contribution is -2.37. The van der Waals surface area contributed by atoms with E-state index in [1.165, 1.54) is 18.2 Å². The third-order valence-electron chi connectivity index (χ3n) is 3.73. The zero-order valence-electron chi connectivity index (χ0n) is 14.3. The summed E-state index contributed by atoms with van der Waals surface area (Å²) >= 11 is 1.63. The number of carbonyl (C=O) groups excluding carboxylic acids is 2. The van der Waals surface area contributed by atoms with Gasteiger partial charge in [0.25, 0.3) is 5.91 Å². The van der Waals surface area contributed by atoms with E-state index in [1.807, 2.05) is 6.26 Å². The Bertz CT molecular complexity index is 733. The largest absolute Gasteiger partial charge is 0.352 e. The molecule has 25 heavy (non-hydrogen) atoms. The van der Waals surface area contributed by atoms with Gasteiger partial charge < -0.3 is 10.2 Å². The van der Waals surface area contributed by atoms with Crippen LogP contribution in [0.5, 0.6) is 0 Å². The van der Waals surface area contributed by atoms with Gasteiger partial charge in [-0.1, -0.05) is 6.07 Å². The summed E-state index contributed by atoms with van der Waals surface area (Å²) in [5, 5.41) is 2.71. The topological polar surface area (TPSA) is 95.6 Å². The number of nitrogens with zero attached hydrogens (tertiary/aromatic N) is 1. The summed E-state index contributed by atoms with van der Waals surface area (Å²) in [7, 11) is -2.17. The molecule has 7 nitrogen and oxygen atoms in total. The van der Waals surface area contributed by atoms with Crippen LogP contribution in [0, 0.1) is 0 Å². The average Bonchev–Trinajstić information content (AvgIpc) is 3.41. The summed E-state index contributed by atoms with van der Waals surface area (Å²) in [5.74, 6) is 0.213. The van der Waals surface area contributed by atoms with Crippen LogP contribution in [-0.4, -0.2) is 63.3 Å². The first-order valence-electron chi connectivity index (χ1n) is 7.97. The van der Waals surface area contributed by atoms with Crippen molar-refractivity contribution in [3.05, 3.63) is 29.8 Å². The molecule has 1 saturated carbocycles. The number of hydrogen-bond acceptors (Lipinski definition) is 5. The molecule has 0 aliphatic heterocycles. The maximum Gasteiger partial charge on any atom is 0.253 e. The second-order valence-corrected chi connectivity index (χ2v) is 8.67. The van der Waals surface area contributed by atoms with E-state index in [4.69, 9.17) is 0 Å². The van der Waals surface area contributed by atoms with Gasteiger partial charge in [0.2, 0.25) is 15.9 Å². The van der Waals surface area contributed by atoms with Crippen molar-refractivity contribution in [1.29, 1.82) is 0 Å². The number of benzene rings is 1. The first-order valence-corrected chi connectivity index (χ1v) is 10.8. The van der Waals surface area contributed by atoms with Gasteiger partial charge in [-0.15, -0.1) is 0 Å². The van der Waals surface area contributed by atoms with Gasteiger partial charge in [-0.3, -0.25) is 9.59 Å². The molecule has 2 rings (SSSR count). The fourth-order valence-corrected chi connectivity index (χ4v) is 3.58. The van der Waals surface area contributed by atoms with Crippen molar-refractivity contribution in [3.8, 4) is 0 Å². The summed E-state index contributed by atoms with van der Waals surface area (Å²) in [6.45, 7) is 0.265. The highest BCUT2D eigenvalue weighted by Crippen LogP contribution is 2.18. The molecular formula is C16H23N3O4S2. The Balaban J connectivity index is 2.02. The number of nitrogens with one attached hydrogen (secondary N) is 2. The molecule has 2 amide bonds. The van der Waals surface area contributed by atoms with Crippen molar-refractivity contribution in [2.24, 2.45) is 0 Å². The predicted octanol–water partition coefficient (Wildman–Crippen LogP) is 0.679. The fraction of sp³-hybridized carbons (Fsp3) is 0.500. The van der Waals surface area contributed by atoms with Gasteiger partial charge in [-0.25, -0.2) is 13.1 Å². The SMILES string of the molecule is CSCCN(C)C(=O)c1cccc(S(=O)(=O)NCC(=O)NC2CC2)c1. The van der Waals surface area contributed by atoms with E-state index in [-0.39, 0.29) is 29.3 Å². The second kappa shape index (κ2) is 8.68. The maximum absolute atomic E-state index is 12.4. The third-order valence-corrected chi connectivity index (χ3v) is 5.72. The molecule has 0 spiro atoms. The highest BCUT2D eigenvalue weighted by atomic mass is 32.2. The van der Waals surface area contributed by atoms with E-state index in [0.717, 1.165) is 18.6 Å². The van der Waals surface area contributed by atoms with E-state index in [1.54, 1.807) is 29.8 Å². The summed E-state index contributed by atoms with van der Waals surface area (Å²) in [5.41, 5.74) is 0.300. The molecule has 1 aromatic rings. The Morgan fingerprint density at radius 1 is 1.32 bits per heavy atom. The van der Waals surface area contributed by atoms with E-state index in [0.29, 0.717) is 12.1 Å². The predicted molar refractivity (Wildman–Crippen MR) is 98.1 cm³/mol. The van der Waals surface area contributed by atoms with Crippen molar-refractivity contribution in [1.82, 2.24) is 14.9 Å². The van der Waals surface area contributed by atoms with Crippen LogP contribution in [0.15, 0.2) is 29.2 Å². The lowest BCUT2D eigenvalue weighted by atomic mass is 10.2. The first-order chi connectivity index (χ1) is 11.8. The molecule has 0 aromatic heterocycles. The Morgan fingerprint density at radius 3 is 2.68 bits per heavy atom. The molecule has 2 N–H and O–H groups in total. The summed E-state index contributed by atoms with van der Waals surface area (Å²) in [6.07, 6.45) is 3.83. The lowest BCUT2D eigenvalue weighted by molar-refractivity contribution is -0.120. The molecule has 1 aromatic carbocycles. The van der Waals surface area contributed by atoms with Crippen LogP contribution >= 0.6 is 11.8 Å². The minimum atomic E-state index is -3.86. The molecule has 0 radical (unpaired) electrons. The van der Waals surface area contributed by atoms with Gasteiger partial charge in [0.15, 0.2) is 0 Å². The summed E-state index contributed by atoms with van der Waals surface area (Å²) in [4.78, 5) is 25.5. The second-order valence-electron chi connectivity index (χ2n) is 5.91. The highest BCUT2D eigenvalue weighted by molar-refractivity contribution is 7.98. The van der Waals surface area contributed by atoms with E-state index < -0.39 is 10.0 Å². The van der Waals surface area contributed by atoms with E-state index in [2.05, 4.69) is 10.0 Å². The normalized spacial score (nSPS) is 14.2. The lowest BCUT2D eigenvalue weighted by Gasteiger charge is -2.17. The zero-order valence-corrected chi connectivity index (χ0v) is 16.0. The van der Waals surface area contributed by atoms with Crippen LogP contribution in [0.1, 0.15) is 23.2 Å². The van der Waals surface area contributed by atoms with Crippen LogP contribution in [0.4, 0.5) is 0 Å². The quantitative estimate of drug-likeness (QED) is 0.652. The Labute approximate surface area is 152 Å². The van der Waals surface area contributed by atoms with Crippen molar-refractivity contribution >= 4 is 33.6 Å². The van der Waals surface area contributed by atoms with E-state index >= 15 is 0 Å². The van der Waals surface area contributed by atoms with E-state index in [9.17, 15) is 18.0 Å². The van der Waals surface area contributed by atoms with Gasteiger partial charge in [-0.05, 0) is 37.3 Å². The number of sulfonamides is 1. The van der Waals surface area contributed by atoms with Crippen molar-refractivity contribution in [2.45, 2.75) is 23.8 Å². The molecule has 0 heterocycles. The summed E-state index contributed by atoms with van der Waals surface area (Å²) < 4.78 is 26.9. The van der Waals surface area contributed by atoms with Gasteiger partial charge in [0.05, 0.1) is 11.4 Å². The number of rotatable bonds is 9. The first kappa shape index (κ1) is 19.7. The van der Waals surface area contributed by atoms with Crippen LogP contribution in [0.3, 0.4) is 0 Å². The smallest absolute Gasteiger partial charge is 0.253 e. The van der Waals surface area contributed by atoms with Crippen LogP contribution in [-0.2, 0) is 14.8 Å². The van der Waals surface area contributed by atoms with Gasteiger partial charge >= 0.3 is 0 Å². The Morgan fingerprint density at radius 2 is 2.04 bits per heavy atom. The minimum absolute atomic E-state index is 0.0316. The van der Waals surface area contributed by atoms with Crippen molar-refractivity contribution in [2.75, 3.05) is 32.1 Å². The third kappa shape index (κ3) is 6.02. The number of amides is 2. The van der Waals surface area contributed by atoms with Crippen LogP contribution in [0.2, 0.25) is 0 Å². The number of thioether (sulfide) groups is 1. The minimum Gasteiger partial charge on any atom is -0.352 e. The van der Waals surface area contributed by atoms with Crippen LogP contribution < -0.4 is 10.0 Å². The van der Waals surface area contributed by atoms with Gasteiger partial charge in [-0.2, -0.15) is 11.8 Å². The fourth-order valence-electron chi connectivity index (χ4n) is 2.10. The molecule has 1 aliphatic rings. The van der Waals surface area contributed by atoms with Crippen molar-refractivity contribution in [3.63, 3.8) is 0 Å². The zero-order chi connectivity index (χ0) is 18.4. The Hall–Kier alpha value is -1.58. The Kier molecular flexibility index (Phi) is 6.86. The maximum atomic E-state index is 12.4. The average molecular weight is 386 g/mol. The molecule has 1 aliphatic carbocycles. The molecule has 138 valence electrons. The van der Waals surface area contributed by atoms with Crippen molar-refractivity contribution < 1.29 is 18.0 Å². The molecule has 0 unspecified atom stereocenters. The summed E-state index contributed by atoms with van der Waals surface area (Å²) in [6, 6.07) is 6.01. The van der Waals surface area contributed by atoms with Gasteiger partial charge in [0, 0.05) is 31.0 Å². The molecular weight excluding hydrogens is 362 g/mol. The molecule has 1 fully saturated rings. The van der Waals surface area contributed by atoms with Crippen LogP contribution in [0.25, 0.3) is 0 Å². The van der Waals surface area contributed by atoms with Gasteiger partial charge in [0.1, 0.15) is 0 Å². The molecule has 0 bridgehead atoms. The number of hydrogen-bond donors (Lipinski definition) is 2. The monoisotopic (exact) mass is 385 g/mol. The molecule has 0 atom stereocenters. The standard InChI is InChI=1S/C16H23N3O4S2/c1-19(8-9-24-2)16(21)12-4-3-5-14(10-12)25(22,23)17-11-15(20)18-13-6-7-13/h3-5,10,13,17H,6-9,11H2,1-2H3,(H,18,20). The molecule has 0 saturated heterocycles. The number of carbonyl (C=O) groups is 2. The highest BCUT2D eigenvalue weighted by Gasteiger charge is 2.24.